The van der Waals surface area contributed by atoms with Crippen LogP contribution in [-0.2, 0) is 16.1 Å². The van der Waals surface area contributed by atoms with Crippen LogP contribution in [0.5, 0.6) is 5.75 Å². The van der Waals surface area contributed by atoms with Crippen LogP contribution in [0.1, 0.15) is 39.2 Å². The molecule has 0 bridgehead atoms. The van der Waals surface area contributed by atoms with Crippen molar-refractivity contribution in [3.63, 3.8) is 0 Å². The van der Waals surface area contributed by atoms with Gasteiger partial charge in [-0.2, -0.15) is 0 Å². The Morgan fingerprint density at radius 3 is 2.67 bits per heavy atom. The summed E-state index contributed by atoms with van der Waals surface area (Å²) in [5.74, 6) is 0.342. The summed E-state index contributed by atoms with van der Waals surface area (Å²) in [6.45, 7) is 8.01. The van der Waals surface area contributed by atoms with E-state index in [1.807, 2.05) is 25.1 Å². The van der Waals surface area contributed by atoms with Gasteiger partial charge in [0.15, 0.2) is 6.10 Å². The van der Waals surface area contributed by atoms with Crippen LogP contribution < -0.4 is 10.1 Å². The molecule has 0 saturated heterocycles. The second-order valence-corrected chi connectivity index (χ2v) is 5.56. The maximum absolute atomic E-state index is 11.8. The number of nitrogens with one attached hydrogen (secondary N) is 1. The maximum Gasteiger partial charge on any atom is 0.347 e. The molecule has 0 aliphatic rings. The van der Waals surface area contributed by atoms with Gasteiger partial charge in [-0.05, 0) is 59.9 Å². The summed E-state index contributed by atoms with van der Waals surface area (Å²) in [6, 6.07) is 5.89. The minimum absolute atomic E-state index is 0.319. The van der Waals surface area contributed by atoms with Gasteiger partial charge in [0, 0.05) is 6.54 Å². The van der Waals surface area contributed by atoms with Crippen LogP contribution in [0.25, 0.3) is 0 Å². The van der Waals surface area contributed by atoms with Gasteiger partial charge in [0.1, 0.15) is 5.75 Å². The fraction of sp³-hybridized carbons (Fsp3) is 0.562. The van der Waals surface area contributed by atoms with Gasteiger partial charge in [-0.1, -0.05) is 19.9 Å². The molecule has 1 atom stereocenters. The van der Waals surface area contributed by atoms with Gasteiger partial charge in [0.05, 0.1) is 11.1 Å². The molecular formula is C16H24BrNO3. The molecule has 0 amide bonds. The highest BCUT2D eigenvalue weighted by molar-refractivity contribution is 9.10. The molecule has 1 unspecified atom stereocenters. The van der Waals surface area contributed by atoms with Gasteiger partial charge in [0.25, 0.3) is 0 Å². The lowest BCUT2D eigenvalue weighted by molar-refractivity contribution is -0.151. The van der Waals surface area contributed by atoms with Crippen molar-refractivity contribution in [3.05, 3.63) is 28.2 Å². The van der Waals surface area contributed by atoms with Crippen LogP contribution in [0, 0.1) is 0 Å². The van der Waals surface area contributed by atoms with Gasteiger partial charge in [-0.15, -0.1) is 0 Å². The average molecular weight is 358 g/mol. The molecule has 1 rings (SSSR count). The third kappa shape index (κ3) is 6.06. The van der Waals surface area contributed by atoms with E-state index in [2.05, 4.69) is 28.2 Å². The standard InChI is InChI=1S/C16H24BrNO3/c1-4-9-18-11-12-7-8-15(13(17)10-12)21-14(5-2)16(19)20-6-3/h7-8,10,14,18H,4-6,9,11H2,1-3H3. The molecule has 1 aromatic carbocycles. The van der Waals surface area contributed by atoms with Crippen LogP contribution in [-0.4, -0.2) is 25.2 Å². The SMILES string of the molecule is CCCNCc1ccc(OC(CC)C(=O)OCC)c(Br)c1. The molecule has 5 heteroatoms. The molecule has 0 heterocycles. The van der Waals surface area contributed by atoms with Crippen molar-refractivity contribution in [2.24, 2.45) is 0 Å². The molecule has 0 fully saturated rings. The third-order valence-corrected chi connectivity index (χ3v) is 3.56. The number of carbonyl (C=O) groups is 1. The number of halogens is 1. The second-order valence-electron chi connectivity index (χ2n) is 4.71. The van der Waals surface area contributed by atoms with Crippen molar-refractivity contribution in [1.82, 2.24) is 5.32 Å². The average Bonchev–Trinajstić information content (AvgIpc) is 2.47. The van der Waals surface area contributed by atoms with Gasteiger partial charge in [-0.25, -0.2) is 4.79 Å². The Labute approximate surface area is 135 Å². The van der Waals surface area contributed by atoms with E-state index in [-0.39, 0.29) is 5.97 Å². The monoisotopic (exact) mass is 357 g/mol. The predicted octanol–water partition coefficient (Wildman–Crippen LogP) is 3.67. The minimum Gasteiger partial charge on any atom is -0.478 e. The lowest BCUT2D eigenvalue weighted by Crippen LogP contribution is -2.28. The Bertz CT molecular complexity index is 451. The highest BCUT2D eigenvalue weighted by Gasteiger charge is 2.20. The van der Waals surface area contributed by atoms with E-state index in [4.69, 9.17) is 9.47 Å². The molecule has 21 heavy (non-hydrogen) atoms. The Morgan fingerprint density at radius 1 is 1.33 bits per heavy atom. The fourth-order valence-electron chi connectivity index (χ4n) is 1.85. The molecule has 1 N–H and O–H groups in total. The van der Waals surface area contributed by atoms with E-state index < -0.39 is 6.10 Å². The quantitative estimate of drug-likeness (QED) is 0.541. The molecule has 0 spiro atoms. The summed E-state index contributed by atoms with van der Waals surface area (Å²) in [5, 5.41) is 3.35. The Morgan fingerprint density at radius 2 is 2.10 bits per heavy atom. The van der Waals surface area contributed by atoms with Gasteiger partial charge in [0.2, 0.25) is 0 Å². The van der Waals surface area contributed by atoms with E-state index in [1.165, 1.54) is 5.56 Å². The van der Waals surface area contributed by atoms with Gasteiger partial charge >= 0.3 is 5.97 Å². The summed E-state index contributed by atoms with van der Waals surface area (Å²) in [6.07, 6.45) is 1.12. The van der Waals surface area contributed by atoms with E-state index in [9.17, 15) is 4.79 Å². The van der Waals surface area contributed by atoms with Crippen LogP contribution in [0.2, 0.25) is 0 Å². The second kappa shape index (κ2) is 9.79. The topological polar surface area (TPSA) is 47.6 Å². The van der Waals surface area contributed by atoms with Crippen molar-refractivity contribution < 1.29 is 14.3 Å². The summed E-state index contributed by atoms with van der Waals surface area (Å²) < 4.78 is 11.6. The van der Waals surface area contributed by atoms with Gasteiger partial charge in [-0.3, -0.25) is 0 Å². The zero-order valence-corrected chi connectivity index (χ0v) is 14.5. The highest BCUT2D eigenvalue weighted by Crippen LogP contribution is 2.27. The van der Waals surface area contributed by atoms with Crippen LogP contribution in [0.4, 0.5) is 0 Å². The summed E-state index contributed by atoms with van der Waals surface area (Å²) in [5.41, 5.74) is 1.17. The number of carbonyl (C=O) groups excluding carboxylic acids is 1. The number of benzene rings is 1. The molecule has 0 aromatic heterocycles. The first-order chi connectivity index (χ1) is 10.1. The Balaban J connectivity index is 2.68. The molecule has 1 aromatic rings. The number of rotatable bonds is 9. The number of ether oxygens (including phenoxy) is 2. The van der Waals surface area contributed by atoms with Crippen molar-refractivity contribution in [3.8, 4) is 5.75 Å². The van der Waals surface area contributed by atoms with Crippen LogP contribution >= 0.6 is 15.9 Å². The Hall–Kier alpha value is -1.07. The summed E-state index contributed by atoms with van der Waals surface area (Å²) in [4.78, 5) is 11.8. The molecule has 0 radical (unpaired) electrons. The molecular weight excluding hydrogens is 334 g/mol. The minimum atomic E-state index is -0.565. The fourth-order valence-corrected chi connectivity index (χ4v) is 2.37. The molecule has 0 aliphatic heterocycles. The normalized spacial score (nSPS) is 12.0. The molecule has 118 valence electrons. The molecule has 0 aliphatic carbocycles. The first-order valence-electron chi connectivity index (χ1n) is 7.44. The van der Waals surface area contributed by atoms with Crippen molar-refractivity contribution in [1.29, 1.82) is 0 Å². The first kappa shape index (κ1) is 18.0. The number of hydrogen-bond acceptors (Lipinski definition) is 4. The van der Waals surface area contributed by atoms with E-state index in [1.54, 1.807) is 6.92 Å². The number of esters is 1. The molecule has 0 saturated carbocycles. The zero-order chi connectivity index (χ0) is 15.7. The van der Waals surface area contributed by atoms with Crippen molar-refractivity contribution in [2.75, 3.05) is 13.2 Å². The largest absolute Gasteiger partial charge is 0.478 e. The van der Waals surface area contributed by atoms with Crippen LogP contribution in [0.15, 0.2) is 22.7 Å². The molecule has 4 nitrogen and oxygen atoms in total. The first-order valence-corrected chi connectivity index (χ1v) is 8.24. The van der Waals surface area contributed by atoms with Crippen LogP contribution in [0.3, 0.4) is 0 Å². The highest BCUT2D eigenvalue weighted by atomic mass is 79.9. The predicted molar refractivity (Wildman–Crippen MR) is 87.5 cm³/mol. The lowest BCUT2D eigenvalue weighted by Gasteiger charge is -2.17. The lowest BCUT2D eigenvalue weighted by atomic mass is 10.2. The summed E-state index contributed by atoms with van der Waals surface area (Å²) >= 11 is 3.50. The maximum atomic E-state index is 11.8. The third-order valence-electron chi connectivity index (χ3n) is 2.94. The van der Waals surface area contributed by atoms with Crippen molar-refractivity contribution in [2.45, 2.75) is 46.3 Å². The van der Waals surface area contributed by atoms with E-state index >= 15 is 0 Å². The number of hydrogen-bond donors (Lipinski definition) is 1. The van der Waals surface area contributed by atoms with Gasteiger partial charge < -0.3 is 14.8 Å². The summed E-state index contributed by atoms with van der Waals surface area (Å²) in [7, 11) is 0. The smallest absolute Gasteiger partial charge is 0.347 e. The Kier molecular flexibility index (Phi) is 8.38. The zero-order valence-electron chi connectivity index (χ0n) is 12.9. The van der Waals surface area contributed by atoms with E-state index in [0.717, 1.165) is 24.0 Å². The van der Waals surface area contributed by atoms with E-state index in [0.29, 0.717) is 18.8 Å². The van der Waals surface area contributed by atoms with Crippen molar-refractivity contribution >= 4 is 21.9 Å².